The van der Waals surface area contributed by atoms with Gasteiger partial charge in [-0.1, -0.05) is 24.8 Å². The summed E-state index contributed by atoms with van der Waals surface area (Å²) in [4.78, 5) is 0. The molecule has 1 aliphatic rings. The van der Waals surface area contributed by atoms with Crippen LogP contribution in [-0.4, -0.2) is 19.2 Å². The molecule has 1 aromatic rings. The smallest absolute Gasteiger partial charge is 0.120 e. The topological polar surface area (TPSA) is 21.3 Å². The Kier molecular flexibility index (Phi) is 3.85. The van der Waals surface area contributed by atoms with Gasteiger partial charge in [-0.05, 0) is 37.6 Å². The van der Waals surface area contributed by atoms with Crippen LogP contribution in [-0.2, 0) is 0 Å². The zero-order chi connectivity index (χ0) is 11.2. The van der Waals surface area contributed by atoms with Crippen molar-refractivity contribution in [3.8, 4) is 17.6 Å². The molecule has 1 saturated carbocycles. The van der Waals surface area contributed by atoms with E-state index in [1.54, 1.807) is 0 Å². The second kappa shape index (κ2) is 5.58. The fourth-order valence-corrected chi connectivity index (χ4v) is 1.36. The molecule has 2 nitrogen and oxygen atoms in total. The molecule has 0 radical (unpaired) electrons. The molecule has 1 aliphatic carbocycles. The van der Waals surface area contributed by atoms with Crippen molar-refractivity contribution in [2.45, 2.75) is 25.9 Å². The van der Waals surface area contributed by atoms with Crippen molar-refractivity contribution in [1.82, 2.24) is 5.32 Å². The molecule has 2 heteroatoms. The molecule has 0 aliphatic heterocycles. The normalized spacial score (nSPS) is 14.1. The first-order valence-corrected chi connectivity index (χ1v) is 5.85. The maximum atomic E-state index is 5.71. The molecule has 0 spiro atoms. The highest BCUT2D eigenvalue weighted by Gasteiger charge is 2.23. The second-order valence-electron chi connectivity index (χ2n) is 3.93. The Bertz CT molecular complexity index is 399. The molecule has 0 unspecified atom stereocenters. The lowest BCUT2D eigenvalue weighted by atomic mass is 10.2. The SMILES string of the molecule is CCNCC#Cc1cccc(OC2CC2)c1. The van der Waals surface area contributed by atoms with Crippen LogP contribution in [0.2, 0.25) is 0 Å². The predicted molar refractivity (Wildman–Crippen MR) is 65.5 cm³/mol. The third kappa shape index (κ3) is 3.60. The predicted octanol–water partition coefficient (Wildman–Crippen LogP) is 2.19. The van der Waals surface area contributed by atoms with Crippen molar-refractivity contribution in [2.75, 3.05) is 13.1 Å². The van der Waals surface area contributed by atoms with E-state index in [-0.39, 0.29) is 0 Å². The number of hydrogen-bond donors (Lipinski definition) is 1. The Morgan fingerprint density at radius 1 is 1.44 bits per heavy atom. The molecule has 84 valence electrons. The van der Waals surface area contributed by atoms with Crippen LogP contribution in [0.3, 0.4) is 0 Å². The highest BCUT2D eigenvalue weighted by Crippen LogP contribution is 2.26. The maximum Gasteiger partial charge on any atom is 0.120 e. The second-order valence-corrected chi connectivity index (χ2v) is 3.93. The summed E-state index contributed by atoms with van der Waals surface area (Å²) < 4.78 is 5.71. The number of ether oxygens (including phenoxy) is 1. The zero-order valence-electron chi connectivity index (χ0n) is 9.62. The molecular formula is C14H17NO. The van der Waals surface area contributed by atoms with E-state index in [4.69, 9.17) is 4.74 Å². The third-order valence-electron chi connectivity index (χ3n) is 2.36. The average Bonchev–Trinajstić information content (AvgIpc) is 3.09. The molecule has 0 saturated heterocycles. The van der Waals surface area contributed by atoms with Crippen molar-refractivity contribution in [2.24, 2.45) is 0 Å². The van der Waals surface area contributed by atoms with E-state index >= 15 is 0 Å². The minimum Gasteiger partial charge on any atom is -0.490 e. The van der Waals surface area contributed by atoms with Crippen LogP contribution in [0.5, 0.6) is 5.75 Å². The summed E-state index contributed by atoms with van der Waals surface area (Å²) in [6.45, 7) is 3.77. The van der Waals surface area contributed by atoms with Crippen LogP contribution in [0.15, 0.2) is 24.3 Å². The van der Waals surface area contributed by atoms with Gasteiger partial charge in [0.25, 0.3) is 0 Å². The lowest BCUT2D eigenvalue weighted by molar-refractivity contribution is 0.303. The van der Waals surface area contributed by atoms with E-state index in [1.165, 1.54) is 12.8 Å². The summed E-state index contributed by atoms with van der Waals surface area (Å²) in [5, 5.41) is 3.17. The summed E-state index contributed by atoms with van der Waals surface area (Å²) >= 11 is 0. The van der Waals surface area contributed by atoms with E-state index < -0.39 is 0 Å². The van der Waals surface area contributed by atoms with Gasteiger partial charge in [0.05, 0.1) is 12.6 Å². The van der Waals surface area contributed by atoms with Gasteiger partial charge in [-0.2, -0.15) is 0 Å². The minimum absolute atomic E-state index is 0.449. The molecular weight excluding hydrogens is 198 g/mol. The first-order valence-electron chi connectivity index (χ1n) is 5.85. The molecule has 0 aromatic heterocycles. The zero-order valence-corrected chi connectivity index (χ0v) is 9.62. The molecule has 1 N–H and O–H groups in total. The van der Waals surface area contributed by atoms with E-state index in [9.17, 15) is 0 Å². The Morgan fingerprint density at radius 3 is 3.06 bits per heavy atom. The number of benzene rings is 1. The number of nitrogens with one attached hydrogen (secondary N) is 1. The lowest BCUT2D eigenvalue weighted by Gasteiger charge is -2.03. The van der Waals surface area contributed by atoms with E-state index in [0.29, 0.717) is 6.10 Å². The molecule has 2 rings (SSSR count). The van der Waals surface area contributed by atoms with Crippen molar-refractivity contribution < 1.29 is 4.74 Å². The van der Waals surface area contributed by atoms with Gasteiger partial charge in [0, 0.05) is 5.56 Å². The van der Waals surface area contributed by atoms with Crippen LogP contribution < -0.4 is 10.1 Å². The van der Waals surface area contributed by atoms with Gasteiger partial charge >= 0.3 is 0 Å². The Morgan fingerprint density at radius 2 is 2.31 bits per heavy atom. The van der Waals surface area contributed by atoms with Gasteiger partial charge < -0.3 is 10.1 Å². The summed E-state index contributed by atoms with van der Waals surface area (Å²) in [5.41, 5.74) is 1.02. The third-order valence-corrected chi connectivity index (χ3v) is 2.36. The lowest BCUT2D eigenvalue weighted by Crippen LogP contribution is -2.11. The Balaban J connectivity index is 1.93. The maximum absolute atomic E-state index is 5.71. The van der Waals surface area contributed by atoms with Crippen LogP contribution in [0.4, 0.5) is 0 Å². The quantitative estimate of drug-likeness (QED) is 0.614. The molecule has 16 heavy (non-hydrogen) atoms. The Hall–Kier alpha value is -1.46. The highest BCUT2D eigenvalue weighted by molar-refractivity contribution is 5.40. The average molecular weight is 215 g/mol. The van der Waals surface area contributed by atoms with Crippen molar-refractivity contribution in [3.63, 3.8) is 0 Å². The Labute approximate surface area is 97.0 Å². The van der Waals surface area contributed by atoms with Crippen molar-refractivity contribution in [3.05, 3.63) is 29.8 Å². The molecule has 0 atom stereocenters. The van der Waals surface area contributed by atoms with Crippen LogP contribution in [0, 0.1) is 11.8 Å². The van der Waals surface area contributed by atoms with Gasteiger partial charge in [-0.3, -0.25) is 0 Å². The fraction of sp³-hybridized carbons (Fsp3) is 0.429. The van der Waals surface area contributed by atoms with Gasteiger partial charge in [0.15, 0.2) is 0 Å². The standard InChI is InChI=1S/C14H17NO/c1-2-15-10-4-6-12-5-3-7-14(11-12)16-13-8-9-13/h3,5,7,11,13,15H,2,8-10H2,1H3. The largest absolute Gasteiger partial charge is 0.490 e. The van der Waals surface area contributed by atoms with Gasteiger partial charge in [-0.25, -0.2) is 0 Å². The minimum atomic E-state index is 0.449. The first-order chi connectivity index (χ1) is 7.88. The number of rotatable bonds is 4. The monoisotopic (exact) mass is 215 g/mol. The summed E-state index contributed by atoms with van der Waals surface area (Å²) in [7, 11) is 0. The molecule has 0 bridgehead atoms. The van der Waals surface area contributed by atoms with Crippen LogP contribution in [0.1, 0.15) is 25.3 Å². The summed E-state index contributed by atoms with van der Waals surface area (Å²) in [6.07, 6.45) is 2.83. The molecule has 1 aromatic carbocycles. The summed E-state index contributed by atoms with van der Waals surface area (Å²) in [5.74, 6) is 7.15. The van der Waals surface area contributed by atoms with Crippen LogP contribution >= 0.6 is 0 Å². The van der Waals surface area contributed by atoms with Gasteiger partial charge in [-0.15, -0.1) is 0 Å². The molecule has 0 heterocycles. The molecule has 0 amide bonds. The number of hydrogen-bond acceptors (Lipinski definition) is 2. The van der Waals surface area contributed by atoms with Crippen LogP contribution in [0.25, 0.3) is 0 Å². The first kappa shape index (κ1) is 11.0. The van der Waals surface area contributed by atoms with Crippen molar-refractivity contribution in [1.29, 1.82) is 0 Å². The van der Waals surface area contributed by atoms with E-state index in [1.807, 2.05) is 24.3 Å². The highest BCUT2D eigenvalue weighted by atomic mass is 16.5. The van der Waals surface area contributed by atoms with E-state index in [0.717, 1.165) is 24.4 Å². The van der Waals surface area contributed by atoms with Gasteiger partial charge in [0.2, 0.25) is 0 Å². The molecule has 1 fully saturated rings. The fourth-order valence-electron chi connectivity index (χ4n) is 1.36. The van der Waals surface area contributed by atoms with Crippen molar-refractivity contribution >= 4 is 0 Å². The van der Waals surface area contributed by atoms with Gasteiger partial charge in [0.1, 0.15) is 5.75 Å². The summed E-state index contributed by atoms with van der Waals surface area (Å²) in [6, 6.07) is 8.01. The van der Waals surface area contributed by atoms with E-state index in [2.05, 4.69) is 24.1 Å².